The predicted molar refractivity (Wildman–Crippen MR) is 63.7 cm³/mol. The summed E-state index contributed by atoms with van der Waals surface area (Å²) in [7, 11) is 0. The van der Waals surface area contributed by atoms with Crippen LogP contribution in [0.1, 0.15) is 18.4 Å². The molecule has 1 saturated heterocycles. The lowest BCUT2D eigenvalue weighted by Gasteiger charge is -2.12. The Labute approximate surface area is 96.5 Å². The van der Waals surface area contributed by atoms with Gasteiger partial charge in [0.2, 0.25) is 0 Å². The smallest absolute Gasteiger partial charge is 0.124 e. The van der Waals surface area contributed by atoms with E-state index in [2.05, 4.69) is 12.1 Å². The summed E-state index contributed by atoms with van der Waals surface area (Å²) >= 11 is 0. The van der Waals surface area contributed by atoms with Crippen LogP contribution < -0.4 is 10.5 Å². The third-order valence-electron chi connectivity index (χ3n) is 2.76. The maximum absolute atomic E-state index is 5.84. The van der Waals surface area contributed by atoms with E-state index in [1.54, 1.807) is 0 Å². The van der Waals surface area contributed by atoms with Gasteiger partial charge in [-0.15, -0.1) is 0 Å². The molecule has 88 valence electrons. The van der Waals surface area contributed by atoms with Crippen molar-refractivity contribution >= 4 is 0 Å². The fourth-order valence-electron chi connectivity index (χ4n) is 1.88. The van der Waals surface area contributed by atoms with Crippen molar-refractivity contribution < 1.29 is 9.47 Å². The summed E-state index contributed by atoms with van der Waals surface area (Å²) in [6.07, 6.45) is 3.27. The minimum Gasteiger partial charge on any atom is -0.488 e. The van der Waals surface area contributed by atoms with Gasteiger partial charge < -0.3 is 15.2 Å². The molecule has 0 spiro atoms. The van der Waals surface area contributed by atoms with Crippen molar-refractivity contribution in [1.29, 1.82) is 0 Å². The van der Waals surface area contributed by atoms with E-state index in [1.165, 1.54) is 5.56 Å². The molecule has 2 rings (SSSR count). The highest BCUT2D eigenvalue weighted by molar-refractivity contribution is 5.28. The van der Waals surface area contributed by atoms with E-state index >= 15 is 0 Å². The second-order valence-electron chi connectivity index (χ2n) is 4.14. The van der Waals surface area contributed by atoms with E-state index in [9.17, 15) is 0 Å². The van der Waals surface area contributed by atoms with Crippen LogP contribution in [0.15, 0.2) is 24.3 Å². The van der Waals surface area contributed by atoms with Gasteiger partial charge in [-0.2, -0.15) is 0 Å². The average Bonchev–Trinajstić information content (AvgIpc) is 2.80. The van der Waals surface area contributed by atoms with Gasteiger partial charge in [-0.25, -0.2) is 0 Å². The van der Waals surface area contributed by atoms with Gasteiger partial charge in [-0.05, 0) is 37.1 Å². The molecule has 16 heavy (non-hydrogen) atoms. The SMILES string of the molecule is NCCCc1cccc(OC2CCOC2)c1. The third-order valence-corrected chi connectivity index (χ3v) is 2.76. The molecule has 1 unspecified atom stereocenters. The van der Waals surface area contributed by atoms with Crippen LogP contribution in [-0.4, -0.2) is 25.9 Å². The van der Waals surface area contributed by atoms with E-state index in [0.29, 0.717) is 6.61 Å². The van der Waals surface area contributed by atoms with Crippen LogP contribution in [0, 0.1) is 0 Å². The van der Waals surface area contributed by atoms with Gasteiger partial charge in [0.1, 0.15) is 11.9 Å². The summed E-state index contributed by atoms with van der Waals surface area (Å²) in [6, 6.07) is 8.27. The molecule has 0 bridgehead atoms. The highest BCUT2D eigenvalue weighted by atomic mass is 16.5. The van der Waals surface area contributed by atoms with E-state index in [0.717, 1.165) is 38.2 Å². The highest BCUT2D eigenvalue weighted by Gasteiger charge is 2.16. The monoisotopic (exact) mass is 221 g/mol. The molecule has 3 nitrogen and oxygen atoms in total. The minimum atomic E-state index is 0.227. The number of nitrogens with two attached hydrogens (primary N) is 1. The first kappa shape index (κ1) is 11.4. The van der Waals surface area contributed by atoms with Crippen LogP contribution in [0.5, 0.6) is 5.75 Å². The van der Waals surface area contributed by atoms with Crippen LogP contribution in [0.25, 0.3) is 0 Å². The summed E-state index contributed by atoms with van der Waals surface area (Å²) in [5.41, 5.74) is 6.79. The topological polar surface area (TPSA) is 44.5 Å². The Morgan fingerprint density at radius 3 is 3.12 bits per heavy atom. The summed E-state index contributed by atoms with van der Waals surface area (Å²) in [6.45, 7) is 2.27. The summed E-state index contributed by atoms with van der Waals surface area (Å²) in [5.74, 6) is 0.949. The Morgan fingerprint density at radius 1 is 1.44 bits per heavy atom. The first-order valence-electron chi connectivity index (χ1n) is 5.92. The maximum atomic E-state index is 5.84. The summed E-state index contributed by atoms with van der Waals surface area (Å²) < 4.78 is 11.1. The van der Waals surface area contributed by atoms with Crippen molar-refractivity contribution in [2.45, 2.75) is 25.4 Å². The van der Waals surface area contributed by atoms with Crippen molar-refractivity contribution in [1.82, 2.24) is 0 Å². The van der Waals surface area contributed by atoms with Crippen molar-refractivity contribution in [2.24, 2.45) is 5.73 Å². The highest BCUT2D eigenvalue weighted by Crippen LogP contribution is 2.18. The summed E-state index contributed by atoms with van der Waals surface area (Å²) in [4.78, 5) is 0. The Hall–Kier alpha value is -1.06. The molecule has 1 heterocycles. The number of benzene rings is 1. The molecule has 0 radical (unpaired) electrons. The molecule has 1 aliphatic rings. The van der Waals surface area contributed by atoms with Crippen molar-refractivity contribution in [3.63, 3.8) is 0 Å². The van der Waals surface area contributed by atoms with Crippen LogP contribution in [0.3, 0.4) is 0 Å². The number of ether oxygens (including phenoxy) is 2. The van der Waals surface area contributed by atoms with Crippen LogP contribution in [0.2, 0.25) is 0 Å². The van der Waals surface area contributed by atoms with E-state index in [4.69, 9.17) is 15.2 Å². The Morgan fingerprint density at radius 2 is 2.38 bits per heavy atom. The first-order chi connectivity index (χ1) is 7.88. The number of aryl methyl sites for hydroxylation is 1. The van der Waals surface area contributed by atoms with Crippen molar-refractivity contribution in [3.8, 4) is 5.75 Å². The van der Waals surface area contributed by atoms with Gasteiger partial charge in [-0.1, -0.05) is 12.1 Å². The standard InChI is InChI=1S/C13H19NO2/c14-7-2-4-11-3-1-5-12(9-11)16-13-6-8-15-10-13/h1,3,5,9,13H,2,4,6-8,10,14H2. The van der Waals surface area contributed by atoms with E-state index < -0.39 is 0 Å². The minimum absolute atomic E-state index is 0.227. The van der Waals surface area contributed by atoms with Gasteiger partial charge in [0.15, 0.2) is 0 Å². The molecule has 0 saturated carbocycles. The summed E-state index contributed by atoms with van der Waals surface area (Å²) in [5, 5.41) is 0. The first-order valence-corrected chi connectivity index (χ1v) is 5.92. The Bertz CT molecular complexity index is 321. The van der Waals surface area contributed by atoms with Crippen LogP contribution >= 0.6 is 0 Å². The van der Waals surface area contributed by atoms with Crippen molar-refractivity contribution in [3.05, 3.63) is 29.8 Å². The van der Waals surface area contributed by atoms with Gasteiger partial charge in [0, 0.05) is 6.42 Å². The van der Waals surface area contributed by atoms with Crippen LogP contribution in [0.4, 0.5) is 0 Å². The molecule has 0 amide bonds. The van der Waals surface area contributed by atoms with Gasteiger partial charge in [0.05, 0.1) is 13.2 Å². The van der Waals surface area contributed by atoms with E-state index in [-0.39, 0.29) is 6.10 Å². The lowest BCUT2D eigenvalue weighted by Crippen LogP contribution is -2.15. The predicted octanol–water partition coefficient (Wildman–Crippen LogP) is 1.75. The second kappa shape index (κ2) is 5.87. The average molecular weight is 221 g/mol. The van der Waals surface area contributed by atoms with Crippen LogP contribution in [-0.2, 0) is 11.2 Å². The van der Waals surface area contributed by atoms with Crippen molar-refractivity contribution in [2.75, 3.05) is 19.8 Å². The molecule has 1 fully saturated rings. The third kappa shape index (κ3) is 3.22. The molecule has 1 aromatic rings. The Kier molecular flexibility index (Phi) is 4.19. The molecule has 1 aromatic carbocycles. The zero-order valence-corrected chi connectivity index (χ0v) is 9.52. The normalized spacial score (nSPS) is 19.9. The zero-order chi connectivity index (χ0) is 11.2. The number of rotatable bonds is 5. The number of hydrogen-bond donors (Lipinski definition) is 1. The second-order valence-corrected chi connectivity index (χ2v) is 4.14. The molecule has 0 aliphatic carbocycles. The number of hydrogen-bond acceptors (Lipinski definition) is 3. The van der Waals surface area contributed by atoms with Gasteiger partial charge in [-0.3, -0.25) is 0 Å². The molecule has 2 N–H and O–H groups in total. The van der Waals surface area contributed by atoms with Gasteiger partial charge >= 0.3 is 0 Å². The fraction of sp³-hybridized carbons (Fsp3) is 0.538. The maximum Gasteiger partial charge on any atom is 0.124 e. The lowest BCUT2D eigenvalue weighted by atomic mass is 10.1. The fourth-order valence-corrected chi connectivity index (χ4v) is 1.88. The quantitative estimate of drug-likeness (QED) is 0.823. The van der Waals surface area contributed by atoms with E-state index in [1.807, 2.05) is 12.1 Å². The lowest BCUT2D eigenvalue weighted by molar-refractivity contribution is 0.141. The largest absolute Gasteiger partial charge is 0.488 e. The molecular formula is C13H19NO2. The molecular weight excluding hydrogens is 202 g/mol. The Balaban J connectivity index is 1.92. The zero-order valence-electron chi connectivity index (χ0n) is 9.52. The molecule has 3 heteroatoms. The van der Waals surface area contributed by atoms with Gasteiger partial charge in [0.25, 0.3) is 0 Å². The molecule has 0 aromatic heterocycles. The molecule has 1 aliphatic heterocycles. The molecule has 1 atom stereocenters.